The van der Waals surface area contributed by atoms with Gasteiger partial charge in [-0.1, -0.05) is 26.2 Å². The number of aliphatic hydroxyl groups excluding tert-OH is 7. The molecule has 0 amide bonds. The third-order valence-electron chi connectivity index (χ3n) is 11.1. The van der Waals surface area contributed by atoms with E-state index in [0.29, 0.717) is 70.4 Å². The van der Waals surface area contributed by atoms with Crippen molar-refractivity contribution in [1.29, 1.82) is 0 Å². The van der Waals surface area contributed by atoms with Crippen LogP contribution in [0.4, 0.5) is 0 Å². The highest BCUT2D eigenvalue weighted by Crippen LogP contribution is 2.41. The molecule has 10 atom stereocenters. The molecule has 15 heteroatoms. The van der Waals surface area contributed by atoms with Crippen LogP contribution in [0.5, 0.6) is 0 Å². The lowest BCUT2D eigenvalue weighted by Crippen LogP contribution is -2.51. The number of piperidine rings is 1. The van der Waals surface area contributed by atoms with Crippen LogP contribution in [0.1, 0.15) is 110 Å². The minimum absolute atomic E-state index is 0.186. The summed E-state index contributed by atoms with van der Waals surface area (Å²) in [6.07, 6.45) is 8.40. The van der Waals surface area contributed by atoms with E-state index in [-0.39, 0.29) is 12.1 Å². The van der Waals surface area contributed by atoms with Gasteiger partial charge in [0.15, 0.2) is 6.29 Å². The Morgan fingerprint density at radius 1 is 0.647 bits per heavy atom. The zero-order valence-electron chi connectivity index (χ0n) is 31.5. The second-order valence-electron chi connectivity index (χ2n) is 15.3. The van der Waals surface area contributed by atoms with Gasteiger partial charge in [0.1, 0.15) is 44.1 Å². The fraction of sp³-hybridized carbons (Fsp3) is 1.00. The van der Waals surface area contributed by atoms with E-state index >= 15 is 0 Å². The van der Waals surface area contributed by atoms with E-state index in [1.807, 2.05) is 6.92 Å². The Kier molecular flexibility index (Phi) is 22.4. The Labute approximate surface area is 306 Å². The summed E-state index contributed by atoms with van der Waals surface area (Å²) in [6, 6.07) is -0.192. The first-order valence-electron chi connectivity index (χ1n) is 20.1. The van der Waals surface area contributed by atoms with Crippen LogP contribution in [0.3, 0.4) is 0 Å². The number of ether oxygens (including phenoxy) is 1. The number of aliphatic hydroxyl groups is 7. The number of nitrogens with one attached hydrogen (secondary N) is 6. The van der Waals surface area contributed by atoms with Gasteiger partial charge in [-0.2, -0.15) is 0 Å². The summed E-state index contributed by atoms with van der Waals surface area (Å²) in [6.45, 7) is 7.89. The molecule has 3 fully saturated rings. The van der Waals surface area contributed by atoms with Crippen molar-refractivity contribution in [3.05, 3.63) is 0 Å². The van der Waals surface area contributed by atoms with Gasteiger partial charge in [-0.15, -0.1) is 0 Å². The van der Waals surface area contributed by atoms with Crippen LogP contribution >= 0.6 is 0 Å². The molecule has 0 aromatic rings. The lowest BCUT2D eigenvalue weighted by atomic mass is 9.72. The molecule has 15 nitrogen and oxygen atoms in total. The zero-order valence-corrected chi connectivity index (χ0v) is 31.5. The number of unbranched alkanes of at least 4 members (excludes halogenated alkanes) is 1. The molecule has 3 rings (SSSR count). The van der Waals surface area contributed by atoms with Crippen molar-refractivity contribution in [1.82, 2.24) is 36.8 Å². The molecule has 2 heterocycles. The molecule has 302 valence electrons. The van der Waals surface area contributed by atoms with E-state index in [1.54, 1.807) is 6.92 Å². The normalized spacial score (nSPS) is 28.5. The van der Waals surface area contributed by atoms with Gasteiger partial charge in [-0.25, -0.2) is 0 Å². The van der Waals surface area contributed by atoms with Gasteiger partial charge in [-0.3, -0.25) is 36.8 Å². The number of hydrogen-bond acceptors (Lipinski definition) is 15. The van der Waals surface area contributed by atoms with Crippen LogP contribution in [0.25, 0.3) is 0 Å². The van der Waals surface area contributed by atoms with Crippen LogP contribution in [0, 0.1) is 17.8 Å². The van der Waals surface area contributed by atoms with Gasteiger partial charge in [-0.05, 0) is 115 Å². The number of fused-ring (bicyclic) bond motifs is 1. The average molecular weight is 734 g/mol. The fourth-order valence-electron chi connectivity index (χ4n) is 7.98. The van der Waals surface area contributed by atoms with Crippen molar-refractivity contribution in [2.75, 3.05) is 46.0 Å². The minimum Gasteiger partial charge on any atom is -0.379 e. The van der Waals surface area contributed by atoms with Gasteiger partial charge in [0.25, 0.3) is 0 Å². The quantitative estimate of drug-likeness (QED) is 0.0361. The predicted molar refractivity (Wildman–Crippen MR) is 197 cm³/mol. The summed E-state index contributed by atoms with van der Waals surface area (Å²) in [5.41, 5.74) is 0. The molecule has 0 spiro atoms. The Balaban J connectivity index is 1.18. The van der Waals surface area contributed by atoms with Crippen LogP contribution < -0.4 is 31.9 Å². The largest absolute Gasteiger partial charge is 0.379 e. The first-order valence-corrected chi connectivity index (χ1v) is 20.1. The van der Waals surface area contributed by atoms with Gasteiger partial charge in [0.05, 0.1) is 6.04 Å². The molecule has 2 aliphatic heterocycles. The summed E-state index contributed by atoms with van der Waals surface area (Å²) >= 11 is 0. The highest BCUT2D eigenvalue weighted by atomic mass is 16.6. The molecule has 51 heavy (non-hydrogen) atoms. The lowest BCUT2D eigenvalue weighted by molar-refractivity contribution is -0.0690. The molecule has 0 bridgehead atoms. The van der Waals surface area contributed by atoms with Gasteiger partial charge >= 0.3 is 0 Å². The first-order chi connectivity index (χ1) is 24.5. The Bertz CT molecular complexity index is 877. The van der Waals surface area contributed by atoms with Gasteiger partial charge < -0.3 is 40.5 Å². The maximum Gasteiger partial charge on any atom is 0.171 e. The molecule has 2 saturated heterocycles. The highest BCUT2D eigenvalue weighted by Gasteiger charge is 2.41. The Morgan fingerprint density at radius 2 is 1.22 bits per heavy atom. The molecule has 0 aromatic carbocycles. The number of hydrogen-bond donors (Lipinski definition) is 13. The minimum atomic E-state index is -0.911. The second kappa shape index (κ2) is 25.5. The third-order valence-corrected chi connectivity index (χ3v) is 11.1. The predicted octanol–water partition coefficient (Wildman–Crippen LogP) is -0.453. The highest BCUT2D eigenvalue weighted by molar-refractivity contribution is 4.89. The topological polar surface area (TPSA) is 226 Å². The average Bonchev–Trinajstić information content (AvgIpc) is 3.48. The number of nitrogens with zero attached hydrogens (tertiary/aromatic N) is 1. The van der Waals surface area contributed by atoms with Crippen LogP contribution in [0.2, 0.25) is 0 Å². The summed E-state index contributed by atoms with van der Waals surface area (Å²) in [7, 11) is 0. The summed E-state index contributed by atoms with van der Waals surface area (Å²) in [5, 5.41) is 89.5. The van der Waals surface area contributed by atoms with Crippen LogP contribution in [-0.4, -0.2) is 142 Å². The molecule has 0 radical (unpaired) electrons. The van der Waals surface area contributed by atoms with Gasteiger partial charge in [0, 0.05) is 32.2 Å². The van der Waals surface area contributed by atoms with E-state index in [4.69, 9.17) is 4.74 Å². The molecular weight excluding hydrogens is 658 g/mol. The van der Waals surface area contributed by atoms with Crippen molar-refractivity contribution in [3.8, 4) is 0 Å². The first kappa shape index (κ1) is 44.8. The summed E-state index contributed by atoms with van der Waals surface area (Å²) < 4.78 is 5.44. The molecule has 13 N–H and O–H groups in total. The van der Waals surface area contributed by atoms with E-state index in [2.05, 4.69) is 36.8 Å². The molecule has 1 saturated carbocycles. The fourth-order valence-corrected chi connectivity index (χ4v) is 7.98. The Morgan fingerprint density at radius 3 is 1.84 bits per heavy atom. The molecule has 3 aliphatic rings. The Hall–Kier alpha value is -0.600. The molecule has 10 unspecified atom stereocenters. The monoisotopic (exact) mass is 734 g/mol. The second-order valence-corrected chi connectivity index (χ2v) is 15.3. The van der Waals surface area contributed by atoms with Crippen LogP contribution in [0.15, 0.2) is 0 Å². The zero-order chi connectivity index (χ0) is 37.0. The molecule has 0 aromatic heterocycles. The standard InChI is InChI=1S/C36H75N7O8/c1-3-18-37-32(46)15-20-39-33(47)16-21-40-34(48)17-22-41-35(49)29(42-25(2)44)6-4-5-19-38-31(45)14-9-26-7-10-27(11-8-26)28-12-13-30-36(50)51-24-43(30)23-28/h25-42,44-50H,3-24H2,1-2H3. The van der Waals surface area contributed by atoms with Crippen molar-refractivity contribution in [2.24, 2.45) is 17.8 Å². The maximum absolute atomic E-state index is 10.7. The summed E-state index contributed by atoms with van der Waals surface area (Å²) in [5.74, 6) is 2.14. The van der Waals surface area contributed by atoms with E-state index < -0.39 is 43.7 Å². The van der Waals surface area contributed by atoms with Crippen LogP contribution in [-0.2, 0) is 4.74 Å². The summed E-state index contributed by atoms with van der Waals surface area (Å²) in [4.78, 5) is 2.32. The van der Waals surface area contributed by atoms with Gasteiger partial charge in [0.2, 0.25) is 0 Å². The maximum atomic E-state index is 10.7. The smallest absolute Gasteiger partial charge is 0.171 e. The van der Waals surface area contributed by atoms with E-state index in [9.17, 15) is 35.7 Å². The van der Waals surface area contributed by atoms with Crippen molar-refractivity contribution >= 4 is 0 Å². The third kappa shape index (κ3) is 18.1. The molecule has 1 aliphatic carbocycles. The van der Waals surface area contributed by atoms with E-state index in [0.717, 1.165) is 57.5 Å². The molecular formula is C36H75N7O8. The van der Waals surface area contributed by atoms with Crippen molar-refractivity contribution < 1.29 is 40.5 Å². The lowest BCUT2D eigenvalue weighted by Gasteiger charge is -2.40. The van der Waals surface area contributed by atoms with Crippen molar-refractivity contribution in [2.45, 2.75) is 166 Å². The SMILES string of the molecule is CCCNC(O)CCNC(O)CCNC(O)CCNC(O)C(CCCCNC(O)CCC1CCC(C2CCC3C(O)OCN3C2)CC1)NC(C)O. The van der Waals surface area contributed by atoms with Crippen molar-refractivity contribution in [3.63, 3.8) is 0 Å². The van der Waals surface area contributed by atoms with E-state index in [1.165, 1.54) is 32.1 Å². The number of rotatable bonds is 28.